The lowest BCUT2D eigenvalue weighted by Gasteiger charge is -2.17. The molecule has 0 amide bonds. The van der Waals surface area contributed by atoms with Crippen LogP contribution in [0.5, 0.6) is 0 Å². The van der Waals surface area contributed by atoms with E-state index in [1.54, 1.807) is 0 Å². The van der Waals surface area contributed by atoms with Gasteiger partial charge in [0.25, 0.3) is 0 Å². The highest BCUT2D eigenvalue weighted by molar-refractivity contribution is 5.67. The topological polar surface area (TPSA) is 37.3 Å². The molecular weight excluding hydrogens is 140 g/mol. The SMILES string of the molecule is CCCC(CC(=O)O)C(C)C. The number of carboxylic acid groups (broad SMARTS) is 1. The summed E-state index contributed by atoms with van der Waals surface area (Å²) in [7, 11) is 0. The minimum absolute atomic E-state index is 0.325. The van der Waals surface area contributed by atoms with E-state index in [1.807, 2.05) is 0 Å². The van der Waals surface area contributed by atoms with Crippen LogP contribution in [-0.4, -0.2) is 11.1 Å². The standard InChI is InChI=1S/C9H18O2/c1-4-5-8(7(2)3)6-9(10)11/h7-8H,4-6H2,1-3H3,(H,10,11). The van der Waals surface area contributed by atoms with Crippen LogP contribution in [0.1, 0.15) is 40.0 Å². The maximum Gasteiger partial charge on any atom is 0.303 e. The van der Waals surface area contributed by atoms with Crippen molar-refractivity contribution in [3.05, 3.63) is 0 Å². The molecule has 0 radical (unpaired) electrons. The lowest BCUT2D eigenvalue weighted by atomic mass is 9.89. The van der Waals surface area contributed by atoms with Gasteiger partial charge in [-0.05, 0) is 18.3 Å². The quantitative estimate of drug-likeness (QED) is 0.667. The summed E-state index contributed by atoms with van der Waals surface area (Å²) in [5.41, 5.74) is 0. The largest absolute Gasteiger partial charge is 0.481 e. The Bertz CT molecular complexity index is 119. The minimum Gasteiger partial charge on any atom is -0.481 e. The minimum atomic E-state index is -0.669. The summed E-state index contributed by atoms with van der Waals surface area (Å²) in [6.07, 6.45) is 2.44. The Balaban J connectivity index is 3.79. The van der Waals surface area contributed by atoms with Crippen molar-refractivity contribution in [3.63, 3.8) is 0 Å². The molecule has 2 heteroatoms. The molecule has 0 bridgehead atoms. The van der Waals surface area contributed by atoms with Crippen molar-refractivity contribution in [2.45, 2.75) is 40.0 Å². The van der Waals surface area contributed by atoms with E-state index >= 15 is 0 Å². The molecule has 0 rings (SSSR count). The van der Waals surface area contributed by atoms with Crippen LogP contribution in [0.25, 0.3) is 0 Å². The highest BCUT2D eigenvalue weighted by atomic mass is 16.4. The van der Waals surface area contributed by atoms with E-state index in [-0.39, 0.29) is 0 Å². The Kier molecular flexibility index (Phi) is 4.92. The maximum atomic E-state index is 10.4. The number of carbonyl (C=O) groups is 1. The van der Waals surface area contributed by atoms with Crippen molar-refractivity contribution in [3.8, 4) is 0 Å². The molecule has 0 aromatic heterocycles. The van der Waals surface area contributed by atoms with Crippen molar-refractivity contribution in [1.82, 2.24) is 0 Å². The number of carboxylic acids is 1. The number of hydrogen-bond acceptors (Lipinski definition) is 1. The third kappa shape index (κ3) is 4.82. The van der Waals surface area contributed by atoms with Gasteiger partial charge in [0.1, 0.15) is 0 Å². The van der Waals surface area contributed by atoms with Crippen molar-refractivity contribution >= 4 is 5.97 Å². The van der Waals surface area contributed by atoms with Crippen LogP contribution in [0, 0.1) is 11.8 Å². The van der Waals surface area contributed by atoms with Crippen LogP contribution in [0.3, 0.4) is 0 Å². The molecule has 0 aliphatic rings. The van der Waals surface area contributed by atoms with Gasteiger partial charge in [0.05, 0.1) is 0 Å². The Morgan fingerprint density at radius 1 is 1.45 bits per heavy atom. The average Bonchev–Trinajstić information content (AvgIpc) is 1.86. The van der Waals surface area contributed by atoms with Crippen LogP contribution in [0.2, 0.25) is 0 Å². The van der Waals surface area contributed by atoms with Crippen LogP contribution in [0.15, 0.2) is 0 Å². The second kappa shape index (κ2) is 5.16. The summed E-state index contributed by atoms with van der Waals surface area (Å²) in [6, 6.07) is 0. The first-order valence-electron chi connectivity index (χ1n) is 4.29. The summed E-state index contributed by atoms with van der Waals surface area (Å²) in [4.78, 5) is 10.4. The molecule has 0 aliphatic heterocycles. The molecule has 0 spiro atoms. The molecule has 1 unspecified atom stereocenters. The zero-order valence-electron chi connectivity index (χ0n) is 7.63. The van der Waals surface area contributed by atoms with Gasteiger partial charge < -0.3 is 5.11 Å². The fraction of sp³-hybridized carbons (Fsp3) is 0.889. The summed E-state index contributed by atoms with van der Waals surface area (Å²) in [5.74, 6) is 0.181. The molecule has 0 saturated heterocycles. The van der Waals surface area contributed by atoms with Crippen LogP contribution in [0.4, 0.5) is 0 Å². The molecular formula is C9H18O2. The Hall–Kier alpha value is -0.530. The van der Waals surface area contributed by atoms with E-state index in [2.05, 4.69) is 20.8 Å². The Morgan fingerprint density at radius 3 is 2.27 bits per heavy atom. The highest BCUT2D eigenvalue weighted by Gasteiger charge is 2.15. The van der Waals surface area contributed by atoms with E-state index in [0.29, 0.717) is 18.3 Å². The zero-order chi connectivity index (χ0) is 8.85. The predicted molar refractivity (Wildman–Crippen MR) is 45.5 cm³/mol. The second-order valence-corrected chi connectivity index (χ2v) is 3.39. The number of hydrogen-bond donors (Lipinski definition) is 1. The molecule has 0 aliphatic carbocycles. The Labute approximate surface area is 68.6 Å². The molecule has 2 nitrogen and oxygen atoms in total. The van der Waals surface area contributed by atoms with Gasteiger partial charge in [-0.15, -0.1) is 0 Å². The van der Waals surface area contributed by atoms with Gasteiger partial charge in [0.15, 0.2) is 0 Å². The second-order valence-electron chi connectivity index (χ2n) is 3.39. The van der Waals surface area contributed by atoms with E-state index in [0.717, 1.165) is 12.8 Å². The summed E-state index contributed by atoms with van der Waals surface area (Å²) >= 11 is 0. The lowest BCUT2D eigenvalue weighted by Crippen LogP contribution is -2.13. The molecule has 0 saturated carbocycles. The van der Waals surface area contributed by atoms with Crippen molar-refractivity contribution in [2.75, 3.05) is 0 Å². The van der Waals surface area contributed by atoms with Crippen molar-refractivity contribution < 1.29 is 9.90 Å². The number of rotatable bonds is 5. The first kappa shape index (κ1) is 10.5. The van der Waals surface area contributed by atoms with Gasteiger partial charge in [-0.3, -0.25) is 4.79 Å². The van der Waals surface area contributed by atoms with Crippen LogP contribution < -0.4 is 0 Å². The van der Waals surface area contributed by atoms with E-state index < -0.39 is 5.97 Å². The average molecular weight is 158 g/mol. The maximum absolute atomic E-state index is 10.4. The highest BCUT2D eigenvalue weighted by Crippen LogP contribution is 2.20. The van der Waals surface area contributed by atoms with E-state index in [1.165, 1.54) is 0 Å². The van der Waals surface area contributed by atoms with Crippen LogP contribution >= 0.6 is 0 Å². The fourth-order valence-electron chi connectivity index (χ4n) is 1.27. The van der Waals surface area contributed by atoms with E-state index in [9.17, 15) is 4.79 Å². The molecule has 0 aromatic rings. The molecule has 0 fully saturated rings. The van der Waals surface area contributed by atoms with Crippen molar-refractivity contribution in [1.29, 1.82) is 0 Å². The fourth-order valence-corrected chi connectivity index (χ4v) is 1.27. The zero-order valence-corrected chi connectivity index (χ0v) is 7.63. The van der Waals surface area contributed by atoms with Crippen LogP contribution in [-0.2, 0) is 4.79 Å². The summed E-state index contributed by atoms with van der Waals surface area (Å²) in [6.45, 7) is 6.27. The van der Waals surface area contributed by atoms with Gasteiger partial charge in [-0.25, -0.2) is 0 Å². The van der Waals surface area contributed by atoms with Crippen molar-refractivity contribution in [2.24, 2.45) is 11.8 Å². The molecule has 0 aromatic carbocycles. The smallest absolute Gasteiger partial charge is 0.303 e. The molecule has 11 heavy (non-hydrogen) atoms. The van der Waals surface area contributed by atoms with Gasteiger partial charge in [0, 0.05) is 6.42 Å². The normalized spacial score (nSPS) is 13.5. The number of aliphatic carboxylic acids is 1. The van der Waals surface area contributed by atoms with Gasteiger partial charge >= 0.3 is 5.97 Å². The van der Waals surface area contributed by atoms with Gasteiger partial charge in [0.2, 0.25) is 0 Å². The first-order valence-corrected chi connectivity index (χ1v) is 4.29. The summed E-state index contributed by atoms with van der Waals surface area (Å²) in [5, 5.41) is 8.56. The molecule has 1 atom stereocenters. The first-order chi connectivity index (χ1) is 5.07. The van der Waals surface area contributed by atoms with Gasteiger partial charge in [-0.1, -0.05) is 27.2 Å². The molecule has 1 N–H and O–H groups in total. The third-order valence-corrected chi connectivity index (χ3v) is 2.04. The monoisotopic (exact) mass is 158 g/mol. The lowest BCUT2D eigenvalue weighted by molar-refractivity contribution is -0.138. The Morgan fingerprint density at radius 2 is 2.00 bits per heavy atom. The van der Waals surface area contributed by atoms with E-state index in [4.69, 9.17) is 5.11 Å². The van der Waals surface area contributed by atoms with Gasteiger partial charge in [-0.2, -0.15) is 0 Å². The molecule has 66 valence electrons. The summed E-state index contributed by atoms with van der Waals surface area (Å²) < 4.78 is 0. The molecule has 0 heterocycles. The third-order valence-electron chi connectivity index (χ3n) is 2.04. The predicted octanol–water partition coefficient (Wildman–Crippen LogP) is 2.53.